The van der Waals surface area contributed by atoms with E-state index in [2.05, 4.69) is 9.97 Å². The number of H-pyrrole nitrogens is 1. The van der Waals surface area contributed by atoms with Crippen molar-refractivity contribution >= 4 is 0 Å². The lowest BCUT2D eigenvalue weighted by atomic mass is 10.1. The van der Waals surface area contributed by atoms with Crippen LogP contribution in [0.15, 0.2) is 35.3 Å². The Labute approximate surface area is 103 Å². The van der Waals surface area contributed by atoms with Gasteiger partial charge in [0.2, 0.25) is 0 Å². The van der Waals surface area contributed by atoms with E-state index in [0.717, 1.165) is 17.7 Å². The average Bonchev–Trinajstić information content (AvgIpc) is 2.63. The third kappa shape index (κ3) is 2.07. The van der Waals surface area contributed by atoms with Crippen LogP contribution in [0.4, 0.5) is 0 Å². The predicted molar refractivity (Wildman–Crippen MR) is 65.9 cm³/mol. The largest absolute Gasteiger partial charge is 0.490 e. The molecule has 1 aliphatic heterocycles. The van der Waals surface area contributed by atoms with Crippen molar-refractivity contribution < 1.29 is 9.47 Å². The molecule has 1 aromatic carbocycles. The first-order valence-electron chi connectivity index (χ1n) is 5.78. The molecule has 5 nitrogen and oxygen atoms in total. The molecule has 0 unspecified atom stereocenters. The van der Waals surface area contributed by atoms with E-state index >= 15 is 0 Å². The zero-order chi connectivity index (χ0) is 12.4. The van der Waals surface area contributed by atoms with Crippen LogP contribution in [-0.4, -0.2) is 23.2 Å². The van der Waals surface area contributed by atoms with Crippen molar-refractivity contribution in [2.75, 3.05) is 13.2 Å². The quantitative estimate of drug-likeness (QED) is 0.827. The molecule has 0 spiro atoms. The Morgan fingerprint density at radius 3 is 2.78 bits per heavy atom. The fourth-order valence-electron chi connectivity index (χ4n) is 1.87. The number of hydrogen-bond donors (Lipinski definition) is 1. The highest BCUT2D eigenvalue weighted by Gasteiger charge is 2.11. The summed E-state index contributed by atoms with van der Waals surface area (Å²) in [5.41, 5.74) is 1.23. The maximum Gasteiger partial charge on any atom is 0.345 e. The first-order chi connectivity index (χ1) is 8.83. The summed E-state index contributed by atoms with van der Waals surface area (Å²) >= 11 is 0. The summed E-state index contributed by atoms with van der Waals surface area (Å²) in [7, 11) is 0. The zero-order valence-electron chi connectivity index (χ0n) is 9.68. The van der Waals surface area contributed by atoms with Gasteiger partial charge in [-0.15, -0.1) is 0 Å². The minimum Gasteiger partial charge on any atom is -0.490 e. The van der Waals surface area contributed by atoms with Gasteiger partial charge in [0.1, 0.15) is 0 Å². The molecule has 0 atom stereocenters. The molecule has 5 heteroatoms. The third-order valence-corrected chi connectivity index (χ3v) is 2.73. The van der Waals surface area contributed by atoms with E-state index in [0.29, 0.717) is 24.7 Å². The number of fused-ring (bicyclic) bond motifs is 1. The molecule has 2 heterocycles. The SMILES string of the molecule is O=c1nccc(-c2ccc3c(c2)OCCCO3)[nH]1. The van der Waals surface area contributed by atoms with Crippen LogP contribution in [0, 0.1) is 0 Å². The first kappa shape index (κ1) is 10.8. The van der Waals surface area contributed by atoms with E-state index in [1.54, 1.807) is 6.07 Å². The molecule has 0 amide bonds. The number of aromatic nitrogens is 2. The molecule has 0 radical (unpaired) electrons. The smallest absolute Gasteiger partial charge is 0.345 e. The predicted octanol–water partition coefficient (Wildman–Crippen LogP) is 1.60. The van der Waals surface area contributed by atoms with E-state index in [1.807, 2.05) is 18.2 Å². The van der Waals surface area contributed by atoms with Gasteiger partial charge in [0.15, 0.2) is 11.5 Å². The fourth-order valence-corrected chi connectivity index (χ4v) is 1.87. The molecule has 1 aromatic heterocycles. The van der Waals surface area contributed by atoms with Gasteiger partial charge in [-0.2, -0.15) is 0 Å². The Hall–Kier alpha value is -2.30. The number of nitrogens with one attached hydrogen (secondary N) is 1. The number of benzene rings is 1. The van der Waals surface area contributed by atoms with Crippen molar-refractivity contribution in [1.29, 1.82) is 0 Å². The Balaban J connectivity index is 2.04. The highest BCUT2D eigenvalue weighted by atomic mass is 16.5. The van der Waals surface area contributed by atoms with Crippen LogP contribution in [-0.2, 0) is 0 Å². The van der Waals surface area contributed by atoms with Crippen molar-refractivity contribution in [3.8, 4) is 22.8 Å². The Morgan fingerprint density at radius 2 is 1.94 bits per heavy atom. The number of nitrogens with zero attached hydrogens (tertiary/aromatic N) is 1. The monoisotopic (exact) mass is 244 g/mol. The van der Waals surface area contributed by atoms with E-state index in [-0.39, 0.29) is 5.69 Å². The number of aromatic amines is 1. The van der Waals surface area contributed by atoms with Gasteiger partial charge in [0.05, 0.1) is 18.9 Å². The first-order valence-corrected chi connectivity index (χ1v) is 5.78. The lowest BCUT2D eigenvalue weighted by Crippen LogP contribution is -2.09. The van der Waals surface area contributed by atoms with Gasteiger partial charge in [-0.25, -0.2) is 9.78 Å². The van der Waals surface area contributed by atoms with Crippen LogP contribution in [0.3, 0.4) is 0 Å². The molecule has 1 N–H and O–H groups in total. The Kier molecular flexibility index (Phi) is 2.72. The second-order valence-electron chi connectivity index (χ2n) is 4.00. The topological polar surface area (TPSA) is 64.2 Å². The summed E-state index contributed by atoms with van der Waals surface area (Å²) < 4.78 is 11.2. The molecule has 0 saturated carbocycles. The molecular weight excluding hydrogens is 232 g/mol. The maximum atomic E-state index is 11.2. The van der Waals surface area contributed by atoms with Gasteiger partial charge in [-0.1, -0.05) is 0 Å². The normalized spacial score (nSPS) is 14.0. The Bertz CT molecular complexity index is 622. The van der Waals surface area contributed by atoms with Crippen molar-refractivity contribution in [1.82, 2.24) is 9.97 Å². The summed E-state index contributed by atoms with van der Waals surface area (Å²) in [5, 5.41) is 0. The van der Waals surface area contributed by atoms with Crippen molar-refractivity contribution in [2.24, 2.45) is 0 Å². The van der Waals surface area contributed by atoms with Crippen LogP contribution in [0.1, 0.15) is 6.42 Å². The minimum atomic E-state index is -0.361. The lowest BCUT2D eigenvalue weighted by molar-refractivity contribution is 0.297. The van der Waals surface area contributed by atoms with Crippen molar-refractivity contribution in [3.05, 3.63) is 40.9 Å². The van der Waals surface area contributed by atoms with Crippen LogP contribution in [0.2, 0.25) is 0 Å². The second-order valence-corrected chi connectivity index (χ2v) is 4.00. The highest BCUT2D eigenvalue weighted by molar-refractivity contribution is 5.63. The standard InChI is InChI=1S/C13H12N2O3/c16-13-14-5-4-10(15-13)9-2-3-11-12(8-9)18-7-1-6-17-11/h2-5,8H,1,6-7H2,(H,14,15,16). The molecule has 3 rings (SSSR count). The van der Waals surface area contributed by atoms with Crippen LogP contribution in [0.5, 0.6) is 11.5 Å². The highest BCUT2D eigenvalue weighted by Crippen LogP contribution is 2.33. The lowest BCUT2D eigenvalue weighted by Gasteiger charge is -2.09. The van der Waals surface area contributed by atoms with Crippen LogP contribution >= 0.6 is 0 Å². The zero-order valence-corrected chi connectivity index (χ0v) is 9.68. The van der Waals surface area contributed by atoms with Crippen LogP contribution in [0.25, 0.3) is 11.3 Å². The summed E-state index contributed by atoms with van der Waals surface area (Å²) in [6.07, 6.45) is 2.35. The molecule has 18 heavy (non-hydrogen) atoms. The number of ether oxygens (including phenoxy) is 2. The van der Waals surface area contributed by atoms with E-state index in [4.69, 9.17) is 9.47 Å². The van der Waals surface area contributed by atoms with Gasteiger partial charge < -0.3 is 14.5 Å². The van der Waals surface area contributed by atoms with Crippen molar-refractivity contribution in [3.63, 3.8) is 0 Å². The van der Waals surface area contributed by atoms with Gasteiger partial charge in [0.25, 0.3) is 0 Å². The minimum absolute atomic E-state index is 0.361. The van der Waals surface area contributed by atoms with Crippen molar-refractivity contribution in [2.45, 2.75) is 6.42 Å². The van der Waals surface area contributed by atoms with E-state index < -0.39 is 0 Å². The van der Waals surface area contributed by atoms with Gasteiger partial charge in [-0.05, 0) is 24.3 Å². The van der Waals surface area contributed by atoms with Crippen LogP contribution < -0.4 is 15.2 Å². The summed E-state index contributed by atoms with van der Waals surface area (Å²) in [4.78, 5) is 17.5. The molecular formula is C13H12N2O3. The molecule has 0 bridgehead atoms. The van der Waals surface area contributed by atoms with E-state index in [9.17, 15) is 4.79 Å². The summed E-state index contributed by atoms with van der Waals surface area (Å²) in [5.74, 6) is 1.45. The molecule has 92 valence electrons. The number of rotatable bonds is 1. The molecule has 0 fully saturated rings. The number of hydrogen-bond acceptors (Lipinski definition) is 4. The average molecular weight is 244 g/mol. The Morgan fingerprint density at radius 1 is 1.11 bits per heavy atom. The summed E-state index contributed by atoms with van der Waals surface area (Å²) in [6.45, 7) is 1.31. The van der Waals surface area contributed by atoms with Gasteiger partial charge >= 0.3 is 5.69 Å². The van der Waals surface area contributed by atoms with Gasteiger partial charge in [0, 0.05) is 18.2 Å². The van der Waals surface area contributed by atoms with E-state index in [1.165, 1.54) is 6.20 Å². The molecule has 0 saturated heterocycles. The molecule has 2 aromatic rings. The molecule has 1 aliphatic rings. The maximum absolute atomic E-state index is 11.2. The van der Waals surface area contributed by atoms with Gasteiger partial charge in [-0.3, -0.25) is 0 Å². The summed E-state index contributed by atoms with van der Waals surface area (Å²) in [6, 6.07) is 7.36. The fraction of sp³-hybridized carbons (Fsp3) is 0.231. The molecule has 0 aliphatic carbocycles. The third-order valence-electron chi connectivity index (χ3n) is 2.73. The second kappa shape index (κ2) is 4.52.